The van der Waals surface area contributed by atoms with Crippen molar-refractivity contribution in [2.45, 2.75) is 0 Å². The second-order valence-electron chi connectivity index (χ2n) is 4.39. The van der Waals surface area contributed by atoms with E-state index in [4.69, 9.17) is 0 Å². The fraction of sp³-hybridized carbons (Fsp3) is 0.133. The van der Waals surface area contributed by atoms with E-state index in [9.17, 15) is 4.79 Å². The minimum atomic E-state index is -0.160. The Labute approximate surface area is 113 Å². The van der Waals surface area contributed by atoms with Crippen molar-refractivity contribution < 1.29 is 4.79 Å². The number of nitrogens with one attached hydrogen (secondary N) is 2. The van der Waals surface area contributed by atoms with E-state index in [0.717, 1.165) is 11.4 Å². The number of carbonyl (C=O) groups excluding carboxylic acids is 1. The first-order valence-electron chi connectivity index (χ1n) is 6.05. The summed E-state index contributed by atoms with van der Waals surface area (Å²) >= 11 is 0. The van der Waals surface area contributed by atoms with Crippen LogP contribution >= 0.6 is 0 Å². The van der Waals surface area contributed by atoms with E-state index in [-0.39, 0.29) is 5.91 Å². The molecule has 4 heteroatoms. The summed E-state index contributed by atoms with van der Waals surface area (Å²) in [7, 11) is 3.89. The van der Waals surface area contributed by atoms with Crippen molar-refractivity contribution in [3.8, 4) is 0 Å². The van der Waals surface area contributed by atoms with Crippen LogP contribution in [-0.2, 0) is 0 Å². The molecular formula is C15H17N3O. The van der Waals surface area contributed by atoms with E-state index in [1.165, 1.54) is 0 Å². The molecule has 0 unspecified atom stereocenters. The van der Waals surface area contributed by atoms with E-state index in [1.807, 2.05) is 67.5 Å². The van der Waals surface area contributed by atoms with Crippen molar-refractivity contribution in [2.75, 3.05) is 24.4 Å². The number of para-hydroxylation sites is 1. The lowest BCUT2D eigenvalue weighted by Crippen LogP contribution is -2.29. The second-order valence-corrected chi connectivity index (χ2v) is 4.39. The molecular weight excluding hydrogens is 238 g/mol. The van der Waals surface area contributed by atoms with Gasteiger partial charge in [0.2, 0.25) is 0 Å². The Kier molecular flexibility index (Phi) is 4.03. The number of benzene rings is 2. The number of amides is 1. The summed E-state index contributed by atoms with van der Waals surface area (Å²) in [5.41, 5.74) is 8.01. The van der Waals surface area contributed by atoms with Crippen molar-refractivity contribution in [1.29, 1.82) is 0 Å². The number of nitrogens with zero attached hydrogens (tertiary/aromatic N) is 1. The van der Waals surface area contributed by atoms with Gasteiger partial charge in [-0.15, -0.1) is 0 Å². The smallest absolute Gasteiger partial charge is 0.269 e. The van der Waals surface area contributed by atoms with Crippen LogP contribution in [0.5, 0.6) is 0 Å². The van der Waals surface area contributed by atoms with Gasteiger partial charge in [-0.05, 0) is 30.3 Å². The zero-order valence-electron chi connectivity index (χ0n) is 11.1. The Hall–Kier alpha value is -2.49. The molecule has 0 spiro atoms. The molecule has 0 heterocycles. The average molecular weight is 255 g/mol. The maximum Gasteiger partial charge on any atom is 0.269 e. The highest BCUT2D eigenvalue weighted by molar-refractivity contribution is 5.95. The van der Waals surface area contributed by atoms with E-state index in [1.54, 1.807) is 6.07 Å². The second kappa shape index (κ2) is 5.91. The topological polar surface area (TPSA) is 44.4 Å². The van der Waals surface area contributed by atoms with Crippen LogP contribution < -0.4 is 15.8 Å². The Morgan fingerprint density at radius 1 is 1.00 bits per heavy atom. The van der Waals surface area contributed by atoms with E-state index in [0.29, 0.717) is 5.56 Å². The molecule has 0 aliphatic rings. The van der Waals surface area contributed by atoms with Crippen molar-refractivity contribution in [1.82, 2.24) is 5.43 Å². The Morgan fingerprint density at radius 3 is 2.42 bits per heavy atom. The zero-order valence-corrected chi connectivity index (χ0v) is 11.1. The first kappa shape index (κ1) is 13.0. The first-order chi connectivity index (χ1) is 9.16. The SMILES string of the molecule is CN(C)c1cccc(C(=O)NNc2ccccc2)c1. The van der Waals surface area contributed by atoms with Gasteiger partial charge in [-0.2, -0.15) is 0 Å². The summed E-state index contributed by atoms with van der Waals surface area (Å²) in [5.74, 6) is -0.160. The summed E-state index contributed by atoms with van der Waals surface area (Å²) < 4.78 is 0. The minimum Gasteiger partial charge on any atom is -0.378 e. The molecule has 4 nitrogen and oxygen atoms in total. The van der Waals surface area contributed by atoms with Gasteiger partial charge in [-0.3, -0.25) is 15.6 Å². The van der Waals surface area contributed by atoms with Gasteiger partial charge < -0.3 is 4.90 Å². The van der Waals surface area contributed by atoms with Gasteiger partial charge >= 0.3 is 0 Å². The van der Waals surface area contributed by atoms with Gasteiger partial charge in [0, 0.05) is 25.3 Å². The van der Waals surface area contributed by atoms with Crippen LogP contribution in [0.4, 0.5) is 11.4 Å². The number of carbonyl (C=O) groups is 1. The summed E-state index contributed by atoms with van der Waals surface area (Å²) in [5, 5.41) is 0. The molecule has 0 saturated carbocycles. The minimum absolute atomic E-state index is 0.160. The monoisotopic (exact) mass is 255 g/mol. The molecule has 0 bridgehead atoms. The molecule has 0 fully saturated rings. The molecule has 1 amide bonds. The van der Waals surface area contributed by atoms with Crippen molar-refractivity contribution >= 4 is 17.3 Å². The highest BCUT2D eigenvalue weighted by Crippen LogP contribution is 2.13. The Balaban J connectivity index is 2.02. The fourth-order valence-corrected chi connectivity index (χ4v) is 1.65. The largest absolute Gasteiger partial charge is 0.378 e. The maximum atomic E-state index is 12.0. The summed E-state index contributed by atoms with van der Waals surface area (Å²) in [6.45, 7) is 0. The normalized spacial score (nSPS) is 9.79. The molecule has 98 valence electrons. The van der Waals surface area contributed by atoms with Crippen LogP contribution in [0, 0.1) is 0 Å². The van der Waals surface area contributed by atoms with Gasteiger partial charge in [0.25, 0.3) is 5.91 Å². The van der Waals surface area contributed by atoms with Gasteiger partial charge in [0.05, 0.1) is 5.69 Å². The zero-order chi connectivity index (χ0) is 13.7. The molecule has 2 N–H and O–H groups in total. The Bertz CT molecular complexity index is 552. The molecule has 0 radical (unpaired) electrons. The first-order valence-corrected chi connectivity index (χ1v) is 6.05. The lowest BCUT2D eigenvalue weighted by atomic mass is 10.2. The quantitative estimate of drug-likeness (QED) is 0.825. The van der Waals surface area contributed by atoms with Gasteiger partial charge in [0.15, 0.2) is 0 Å². The third-order valence-corrected chi connectivity index (χ3v) is 2.72. The van der Waals surface area contributed by atoms with Crippen molar-refractivity contribution in [2.24, 2.45) is 0 Å². The Morgan fingerprint density at radius 2 is 1.74 bits per heavy atom. The lowest BCUT2D eigenvalue weighted by molar-refractivity contribution is 0.0962. The summed E-state index contributed by atoms with van der Waals surface area (Å²) in [6, 6.07) is 17.0. The van der Waals surface area contributed by atoms with Crippen LogP contribution in [0.2, 0.25) is 0 Å². The highest BCUT2D eigenvalue weighted by Gasteiger charge is 2.06. The number of rotatable bonds is 4. The molecule has 0 aliphatic carbocycles. The van der Waals surface area contributed by atoms with Gasteiger partial charge in [0.1, 0.15) is 0 Å². The third-order valence-electron chi connectivity index (χ3n) is 2.72. The molecule has 2 rings (SSSR count). The average Bonchev–Trinajstić information content (AvgIpc) is 2.46. The standard InChI is InChI=1S/C15H17N3O/c1-18(2)14-10-6-7-12(11-14)15(19)17-16-13-8-4-3-5-9-13/h3-11,16H,1-2H3,(H,17,19). The van der Waals surface area contributed by atoms with Crippen molar-refractivity contribution in [3.05, 3.63) is 60.2 Å². The predicted octanol–water partition coefficient (Wildman–Crippen LogP) is 2.51. The molecule has 0 atom stereocenters. The van der Waals surface area contributed by atoms with Gasteiger partial charge in [-0.25, -0.2) is 0 Å². The van der Waals surface area contributed by atoms with E-state index in [2.05, 4.69) is 10.9 Å². The van der Waals surface area contributed by atoms with Crippen LogP contribution in [0.1, 0.15) is 10.4 Å². The molecule has 2 aromatic rings. The summed E-state index contributed by atoms with van der Waals surface area (Å²) in [4.78, 5) is 14.0. The van der Waals surface area contributed by atoms with E-state index < -0.39 is 0 Å². The molecule has 19 heavy (non-hydrogen) atoms. The molecule has 0 saturated heterocycles. The number of hydrogen-bond donors (Lipinski definition) is 2. The maximum absolute atomic E-state index is 12.0. The number of hydrogen-bond acceptors (Lipinski definition) is 3. The van der Waals surface area contributed by atoms with Gasteiger partial charge in [-0.1, -0.05) is 24.3 Å². The third kappa shape index (κ3) is 3.48. The van der Waals surface area contributed by atoms with Crippen LogP contribution in [0.3, 0.4) is 0 Å². The molecule has 0 aliphatic heterocycles. The predicted molar refractivity (Wildman–Crippen MR) is 78.3 cm³/mol. The van der Waals surface area contributed by atoms with Crippen molar-refractivity contribution in [3.63, 3.8) is 0 Å². The van der Waals surface area contributed by atoms with Crippen LogP contribution in [0.25, 0.3) is 0 Å². The highest BCUT2D eigenvalue weighted by atomic mass is 16.2. The number of anilines is 2. The van der Waals surface area contributed by atoms with E-state index >= 15 is 0 Å². The van der Waals surface area contributed by atoms with Crippen LogP contribution in [0.15, 0.2) is 54.6 Å². The molecule has 0 aromatic heterocycles. The number of hydrazine groups is 1. The fourth-order valence-electron chi connectivity index (χ4n) is 1.65. The molecule has 2 aromatic carbocycles. The summed E-state index contributed by atoms with van der Waals surface area (Å²) in [6.07, 6.45) is 0. The van der Waals surface area contributed by atoms with Crippen LogP contribution in [-0.4, -0.2) is 20.0 Å². The lowest BCUT2D eigenvalue weighted by Gasteiger charge is -2.14.